The SMILES string of the molecule is CC(CCl)NS(=O)(=O)N1CCCCC1C. The minimum atomic E-state index is -3.34. The first-order chi connectivity index (χ1) is 6.97. The average Bonchev–Trinajstić information content (AvgIpc) is 2.17. The van der Waals surface area contributed by atoms with E-state index in [-0.39, 0.29) is 12.1 Å². The minimum absolute atomic E-state index is 0.0961. The Balaban J connectivity index is 2.67. The Bertz CT molecular complexity index is 294. The second-order valence-electron chi connectivity index (χ2n) is 4.13. The van der Waals surface area contributed by atoms with Crippen molar-refractivity contribution in [3.63, 3.8) is 0 Å². The van der Waals surface area contributed by atoms with Gasteiger partial charge in [0.25, 0.3) is 10.2 Å². The van der Waals surface area contributed by atoms with E-state index in [4.69, 9.17) is 11.6 Å². The molecule has 0 bridgehead atoms. The fourth-order valence-electron chi connectivity index (χ4n) is 1.78. The second-order valence-corrected chi connectivity index (χ2v) is 6.10. The lowest BCUT2D eigenvalue weighted by molar-refractivity contribution is 0.264. The molecule has 2 unspecified atom stereocenters. The van der Waals surface area contributed by atoms with E-state index in [1.807, 2.05) is 6.92 Å². The predicted molar refractivity (Wildman–Crippen MR) is 62.3 cm³/mol. The number of piperidine rings is 1. The second kappa shape index (κ2) is 5.48. The van der Waals surface area contributed by atoms with Gasteiger partial charge < -0.3 is 0 Å². The normalized spacial score (nSPS) is 26.5. The van der Waals surface area contributed by atoms with Gasteiger partial charge in [0.1, 0.15) is 0 Å². The first kappa shape index (κ1) is 13.2. The van der Waals surface area contributed by atoms with Crippen LogP contribution < -0.4 is 4.72 Å². The summed E-state index contributed by atoms with van der Waals surface area (Å²) in [6.45, 7) is 4.33. The van der Waals surface area contributed by atoms with Crippen molar-refractivity contribution < 1.29 is 8.42 Å². The van der Waals surface area contributed by atoms with Gasteiger partial charge >= 0.3 is 0 Å². The Morgan fingerprint density at radius 1 is 1.53 bits per heavy atom. The summed E-state index contributed by atoms with van der Waals surface area (Å²) in [6.07, 6.45) is 2.99. The number of alkyl halides is 1. The zero-order valence-electron chi connectivity index (χ0n) is 9.24. The van der Waals surface area contributed by atoms with Crippen LogP contribution in [0.1, 0.15) is 33.1 Å². The molecule has 1 heterocycles. The van der Waals surface area contributed by atoms with Crippen molar-refractivity contribution in [2.75, 3.05) is 12.4 Å². The molecule has 0 aromatic carbocycles. The lowest BCUT2D eigenvalue weighted by Gasteiger charge is -2.32. The van der Waals surface area contributed by atoms with E-state index >= 15 is 0 Å². The molecule has 0 aromatic rings. The molecule has 4 nitrogen and oxygen atoms in total. The maximum atomic E-state index is 11.9. The molecule has 15 heavy (non-hydrogen) atoms. The molecule has 0 aromatic heterocycles. The number of nitrogens with one attached hydrogen (secondary N) is 1. The monoisotopic (exact) mass is 254 g/mol. The van der Waals surface area contributed by atoms with Crippen molar-refractivity contribution >= 4 is 21.8 Å². The van der Waals surface area contributed by atoms with Crippen molar-refractivity contribution in [2.24, 2.45) is 0 Å². The summed E-state index contributed by atoms with van der Waals surface area (Å²) in [4.78, 5) is 0. The lowest BCUT2D eigenvalue weighted by atomic mass is 10.1. The highest BCUT2D eigenvalue weighted by Crippen LogP contribution is 2.19. The van der Waals surface area contributed by atoms with Crippen molar-refractivity contribution in [2.45, 2.75) is 45.2 Å². The van der Waals surface area contributed by atoms with Crippen LogP contribution >= 0.6 is 11.6 Å². The summed E-state index contributed by atoms with van der Waals surface area (Å²) in [5.74, 6) is 0.293. The number of halogens is 1. The van der Waals surface area contributed by atoms with E-state index in [1.165, 1.54) is 0 Å². The summed E-state index contributed by atoms with van der Waals surface area (Å²) in [6, 6.07) is -0.121. The maximum absolute atomic E-state index is 11.9. The molecule has 1 saturated heterocycles. The number of hydrogen-bond acceptors (Lipinski definition) is 2. The van der Waals surface area contributed by atoms with Gasteiger partial charge in [0.05, 0.1) is 0 Å². The molecule has 0 saturated carbocycles. The summed E-state index contributed by atoms with van der Waals surface area (Å²) in [5.41, 5.74) is 0. The van der Waals surface area contributed by atoms with E-state index in [0.29, 0.717) is 12.4 Å². The predicted octanol–water partition coefficient (Wildman–Crippen LogP) is 1.32. The van der Waals surface area contributed by atoms with Gasteiger partial charge in [0.2, 0.25) is 0 Å². The first-order valence-electron chi connectivity index (χ1n) is 5.32. The van der Waals surface area contributed by atoms with Crippen LogP contribution in [0.5, 0.6) is 0 Å². The van der Waals surface area contributed by atoms with Crippen molar-refractivity contribution in [3.8, 4) is 0 Å². The summed E-state index contributed by atoms with van der Waals surface area (Å²) in [5, 5.41) is 0. The highest BCUT2D eigenvalue weighted by molar-refractivity contribution is 7.87. The highest BCUT2D eigenvalue weighted by Gasteiger charge is 2.29. The van der Waals surface area contributed by atoms with Crippen LogP contribution in [-0.4, -0.2) is 37.2 Å². The Morgan fingerprint density at radius 2 is 2.20 bits per heavy atom. The van der Waals surface area contributed by atoms with Gasteiger partial charge in [0.15, 0.2) is 0 Å². The number of rotatable bonds is 4. The summed E-state index contributed by atoms with van der Waals surface area (Å²) < 4.78 is 28.0. The number of nitrogens with zero attached hydrogens (tertiary/aromatic N) is 1. The molecule has 0 spiro atoms. The molecule has 0 radical (unpaired) electrons. The van der Waals surface area contributed by atoms with Crippen LogP contribution in [0.3, 0.4) is 0 Å². The van der Waals surface area contributed by atoms with Crippen molar-refractivity contribution in [1.82, 2.24) is 9.03 Å². The van der Waals surface area contributed by atoms with Gasteiger partial charge in [-0.2, -0.15) is 17.4 Å². The maximum Gasteiger partial charge on any atom is 0.279 e. The fraction of sp³-hybridized carbons (Fsp3) is 1.00. The highest BCUT2D eigenvalue weighted by atomic mass is 35.5. The lowest BCUT2D eigenvalue weighted by Crippen LogP contribution is -2.50. The molecular weight excluding hydrogens is 236 g/mol. The van der Waals surface area contributed by atoms with Crippen LogP contribution in [0.4, 0.5) is 0 Å². The van der Waals surface area contributed by atoms with Crippen molar-refractivity contribution in [3.05, 3.63) is 0 Å². The minimum Gasteiger partial charge on any atom is -0.198 e. The molecule has 0 amide bonds. The van der Waals surface area contributed by atoms with Gasteiger partial charge in [-0.1, -0.05) is 6.42 Å². The molecule has 1 rings (SSSR count). The Morgan fingerprint density at radius 3 is 2.73 bits per heavy atom. The van der Waals surface area contributed by atoms with Gasteiger partial charge in [-0.25, -0.2) is 0 Å². The van der Waals surface area contributed by atoms with E-state index in [9.17, 15) is 8.42 Å². The Hall–Kier alpha value is 0.160. The molecule has 1 N–H and O–H groups in total. The van der Waals surface area contributed by atoms with E-state index in [2.05, 4.69) is 4.72 Å². The molecule has 90 valence electrons. The Labute approximate surface area is 97.2 Å². The third kappa shape index (κ3) is 3.59. The zero-order chi connectivity index (χ0) is 11.5. The quantitative estimate of drug-likeness (QED) is 0.770. The molecule has 0 aliphatic carbocycles. The van der Waals surface area contributed by atoms with Gasteiger partial charge in [-0.05, 0) is 26.7 Å². The van der Waals surface area contributed by atoms with E-state index in [0.717, 1.165) is 19.3 Å². The van der Waals surface area contributed by atoms with E-state index in [1.54, 1.807) is 11.2 Å². The standard InChI is InChI=1S/C9H19ClN2O2S/c1-8(7-10)11-15(13,14)12-6-4-3-5-9(12)2/h8-9,11H,3-7H2,1-2H3. The third-order valence-electron chi connectivity index (χ3n) is 2.63. The van der Waals surface area contributed by atoms with Gasteiger partial charge in [-0.15, -0.1) is 11.6 Å². The van der Waals surface area contributed by atoms with Crippen molar-refractivity contribution in [1.29, 1.82) is 0 Å². The summed E-state index contributed by atoms with van der Waals surface area (Å²) >= 11 is 5.59. The van der Waals surface area contributed by atoms with Crippen LogP contribution in [0.2, 0.25) is 0 Å². The number of hydrogen-bond donors (Lipinski definition) is 1. The molecule has 1 aliphatic rings. The molecule has 2 atom stereocenters. The van der Waals surface area contributed by atoms with Crippen LogP contribution in [-0.2, 0) is 10.2 Å². The van der Waals surface area contributed by atoms with Crippen LogP contribution in [0.25, 0.3) is 0 Å². The fourth-order valence-corrected chi connectivity index (χ4v) is 3.63. The zero-order valence-corrected chi connectivity index (χ0v) is 10.8. The van der Waals surface area contributed by atoms with Crippen LogP contribution in [0.15, 0.2) is 0 Å². The average molecular weight is 255 g/mol. The molecule has 1 fully saturated rings. The molecule has 6 heteroatoms. The van der Waals surface area contributed by atoms with E-state index < -0.39 is 10.2 Å². The van der Waals surface area contributed by atoms with Crippen LogP contribution in [0, 0.1) is 0 Å². The largest absolute Gasteiger partial charge is 0.279 e. The smallest absolute Gasteiger partial charge is 0.198 e. The van der Waals surface area contributed by atoms with Gasteiger partial charge in [0, 0.05) is 24.5 Å². The van der Waals surface area contributed by atoms with Gasteiger partial charge in [-0.3, -0.25) is 0 Å². The molecular formula is C9H19ClN2O2S. The Kier molecular flexibility index (Phi) is 4.83. The summed E-state index contributed by atoms with van der Waals surface area (Å²) in [7, 11) is -3.34. The molecule has 1 aliphatic heterocycles. The third-order valence-corrected chi connectivity index (χ3v) is 4.96. The first-order valence-corrected chi connectivity index (χ1v) is 7.30. The topological polar surface area (TPSA) is 49.4 Å².